The Morgan fingerprint density at radius 3 is 2.63 bits per heavy atom. The van der Waals surface area contributed by atoms with Gasteiger partial charge in [-0.1, -0.05) is 11.3 Å². The molecule has 2 aromatic carbocycles. The van der Waals surface area contributed by atoms with Crippen molar-refractivity contribution in [3.63, 3.8) is 0 Å². The highest BCUT2D eigenvalue weighted by molar-refractivity contribution is 6.25. The van der Waals surface area contributed by atoms with E-state index < -0.39 is 35.6 Å². The van der Waals surface area contributed by atoms with Gasteiger partial charge in [0, 0.05) is 5.69 Å². The molecule has 2 aromatic rings. The van der Waals surface area contributed by atoms with E-state index in [4.69, 9.17) is 4.74 Å². The number of carbonyl (C=O) groups is 3. The Bertz CT molecular complexity index is 1030. The van der Waals surface area contributed by atoms with Gasteiger partial charge in [0.1, 0.15) is 18.1 Å². The molecule has 2 aliphatic heterocycles. The van der Waals surface area contributed by atoms with Gasteiger partial charge in [0.15, 0.2) is 12.1 Å². The summed E-state index contributed by atoms with van der Waals surface area (Å²) in [7, 11) is 0. The first-order valence-corrected chi connectivity index (χ1v) is 9.31. The van der Waals surface area contributed by atoms with Gasteiger partial charge < -0.3 is 10.1 Å². The summed E-state index contributed by atoms with van der Waals surface area (Å²) in [6.45, 7) is 2.04. The highest BCUT2D eigenvalue weighted by Crippen LogP contribution is 2.32. The number of halogens is 1. The summed E-state index contributed by atoms with van der Waals surface area (Å²) in [5.41, 5.74) is 0.666. The Balaban J connectivity index is 1.46. The van der Waals surface area contributed by atoms with Gasteiger partial charge in [0.2, 0.25) is 5.91 Å². The van der Waals surface area contributed by atoms with Crippen molar-refractivity contribution in [2.24, 2.45) is 10.3 Å². The Labute approximate surface area is 171 Å². The predicted molar refractivity (Wildman–Crippen MR) is 104 cm³/mol. The third-order valence-electron chi connectivity index (χ3n) is 4.68. The SMILES string of the molecule is CCOc1ccc(N2C(=O)[C@@H]3[C@@H](N=NN3CC(=O)Nc3cccc(F)c3)C2=O)cc1. The molecule has 154 valence electrons. The van der Waals surface area contributed by atoms with Crippen molar-refractivity contribution in [2.75, 3.05) is 23.4 Å². The molecule has 0 aliphatic carbocycles. The van der Waals surface area contributed by atoms with E-state index in [0.29, 0.717) is 18.0 Å². The molecule has 10 heteroatoms. The van der Waals surface area contributed by atoms with Gasteiger partial charge >= 0.3 is 0 Å². The molecule has 0 spiro atoms. The van der Waals surface area contributed by atoms with Crippen molar-refractivity contribution >= 4 is 29.1 Å². The molecule has 0 radical (unpaired) electrons. The number of amides is 3. The second-order valence-electron chi connectivity index (χ2n) is 6.69. The van der Waals surface area contributed by atoms with Crippen LogP contribution in [0.4, 0.5) is 15.8 Å². The van der Waals surface area contributed by atoms with Crippen LogP contribution in [0.1, 0.15) is 6.92 Å². The maximum Gasteiger partial charge on any atom is 0.263 e. The van der Waals surface area contributed by atoms with Crippen LogP contribution in [0.2, 0.25) is 0 Å². The summed E-state index contributed by atoms with van der Waals surface area (Å²) < 4.78 is 18.6. The van der Waals surface area contributed by atoms with Gasteiger partial charge in [-0.15, -0.1) is 0 Å². The van der Waals surface area contributed by atoms with Crippen LogP contribution < -0.4 is 15.0 Å². The second-order valence-corrected chi connectivity index (χ2v) is 6.69. The highest BCUT2D eigenvalue weighted by Gasteiger charge is 2.55. The van der Waals surface area contributed by atoms with Gasteiger partial charge in [-0.25, -0.2) is 9.29 Å². The van der Waals surface area contributed by atoms with Crippen molar-refractivity contribution in [1.29, 1.82) is 0 Å². The third kappa shape index (κ3) is 3.59. The predicted octanol–water partition coefficient (Wildman–Crippen LogP) is 2.16. The molecule has 0 bridgehead atoms. The maximum absolute atomic E-state index is 13.3. The van der Waals surface area contributed by atoms with Crippen molar-refractivity contribution < 1.29 is 23.5 Å². The van der Waals surface area contributed by atoms with E-state index >= 15 is 0 Å². The van der Waals surface area contributed by atoms with Gasteiger partial charge in [0.25, 0.3) is 11.8 Å². The van der Waals surface area contributed by atoms with Gasteiger partial charge in [0.05, 0.1) is 12.3 Å². The first-order chi connectivity index (χ1) is 14.5. The van der Waals surface area contributed by atoms with Crippen molar-refractivity contribution in [3.8, 4) is 5.75 Å². The Morgan fingerprint density at radius 2 is 1.93 bits per heavy atom. The molecule has 0 aromatic heterocycles. The van der Waals surface area contributed by atoms with Gasteiger partial charge in [-0.05, 0) is 49.4 Å². The van der Waals surface area contributed by atoms with Gasteiger partial charge in [-0.3, -0.25) is 19.4 Å². The molecule has 2 atom stereocenters. The summed E-state index contributed by atoms with van der Waals surface area (Å²) in [6.07, 6.45) is 0. The van der Waals surface area contributed by atoms with E-state index in [1.807, 2.05) is 6.92 Å². The molecule has 4 rings (SSSR count). The molecule has 2 heterocycles. The molecule has 2 aliphatic rings. The fourth-order valence-electron chi connectivity index (χ4n) is 3.38. The van der Waals surface area contributed by atoms with Crippen LogP contribution in [-0.4, -0.2) is 48.0 Å². The zero-order valence-electron chi connectivity index (χ0n) is 16.0. The van der Waals surface area contributed by atoms with Crippen LogP contribution in [0.3, 0.4) is 0 Å². The van der Waals surface area contributed by atoms with Crippen molar-refractivity contribution in [1.82, 2.24) is 5.01 Å². The lowest BCUT2D eigenvalue weighted by atomic mass is 10.1. The topological polar surface area (TPSA) is 104 Å². The maximum atomic E-state index is 13.3. The van der Waals surface area contributed by atoms with Gasteiger partial charge in [-0.2, -0.15) is 5.11 Å². The molecule has 30 heavy (non-hydrogen) atoms. The number of ether oxygens (including phenoxy) is 1. The van der Waals surface area contributed by atoms with Crippen LogP contribution in [0.15, 0.2) is 58.9 Å². The Morgan fingerprint density at radius 1 is 1.17 bits per heavy atom. The minimum atomic E-state index is -1.01. The number of hydrogen-bond donors (Lipinski definition) is 1. The summed E-state index contributed by atoms with van der Waals surface area (Å²) >= 11 is 0. The molecule has 0 saturated carbocycles. The molecular weight excluding hydrogens is 393 g/mol. The van der Waals surface area contributed by atoms with Crippen LogP contribution in [-0.2, 0) is 14.4 Å². The lowest BCUT2D eigenvalue weighted by Gasteiger charge is -2.20. The highest BCUT2D eigenvalue weighted by atomic mass is 19.1. The van der Waals surface area contributed by atoms with E-state index in [1.165, 1.54) is 29.3 Å². The lowest BCUT2D eigenvalue weighted by molar-refractivity contribution is -0.123. The zero-order chi connectivity index (χ0) is 21.3. The number of anilines is 2. The average molecular weight is 411 g/mol. The van der Waals surface area contributed by atoms with Crippen molar-refractivity contribution in [2.45, 2.75) is 19.0 Å². The number of hydrogen-bond acceptors (Lipinski definition) is 7. The lowest BCUT2D eigenvalue weighted by Crippen LogP contribution is -2.43. The largest absolute Gasteiger partial charge is 0.494 e. The first-order valence-electron chi connectivity index (χ1n) is 9.31. The van der Waals surface area contributed by atoms with Crippen molar-refractivity contribution in [3.05, 3.63) is 54.3 Å². The minimum absolute atomic E-state index is 0.275. The average Bonchev–Trinajstić information content (AvgIpc) is 3.23. The standard InChI is InChI=1S/C20H18FN5O4/c1-2-30-15-8-6-14(7-9-15)26-19(28)17-18(20(26)29)25(24-23-17)11-16(27)22-13-5-3-4-12(21)10-13/h3-10,17-18H,2,11H2,1H3,(H,22,27)/t17-,18+/m1/s1. The smallest absolute Gasteiger partial charge is 0.263 e. The summed E-state index contributed by atoms with van der Waals surface area (Å²) in [5.74, 6) is -1.41. The van der Waals surface area contributed by atoms with E-state index in [2.05, 4.69) is 15.7 Å². The number of nitrogens with one attached hydrogen (secondary N) is 1. The number of imide groups is 1. The molecule has 0 unspecified atom stereocenters. The minimum Gasteiger partial charge on any atom is -0.494 e. The molecule has 3 amide bonds. The molecule has 9 nitrogen and oxygen atoms in total. The van der Waals surface area contributed by atoms with E-state index in [-0.39, 0.29) is 12.2 Å². The summed E-state index contributed by atoms with van der Waals surface area (Å²) in [4.78, 5) is 39.0. The molecule has 1 fully saturated rings. The fourth-order valence-corrected chi connectivity index (χ4v) is 3.38. The van der Waals surface area contributed by atoms with Crippen LogP contribution in [0.5, 0.6) is 5.75 Å². The second kappa shape index (κ2) is 7.90. The fraction of sp³-hybridized carbons (Fsp3) is 0.250. The normalized spacial score (nSPS) is 19.9. The molecular formula is C20H18FN5O4. The van der Waals surface area contributed by atoms with Crippen LogP contribution >= 0.6 is 0 Å². The summed E-state index contributed by atoms with van der Waals surface area (Å²) in [5, 5.41) is 11.4. The monoisotopic (exact) mass is 411 g/mol. The summed E-state index contributed by atoms with van der Waals surface area (Å²) in [6, 6.07) is 9.97. The number of nitrogens with zero attached hydrogens (tertiary/aromatic N) is 4. The quantitative estimate of drug-likeness (QED) is 0.734. The van der Waals surface area contributed by atoms with E-state index in [1.54, 1.807) is 24.3 Å². The van der Waals surface area contributed by atoms with Crippen LogP contribution in [0.25, 0.3) is 0 Å². The third-order valence-corrected chi connectivity index (χ3v) is 4.68. The van der Waals surface area contributed by atoms with E-state index in [0.717, 1.165) is 4.90 Å². The number of fused-ring (bicyclic) bond motifs is 1. The number of benzene rings is 2. The Kier molecular flexibility index (Phi) is 5.13. The Hall–Kier alpha value is -3.82. The molecule has 1 saturated heterocycles. The first kappa shape index (κ1) is 19.5. The van der Waals surface area contributed by atoms with E-state index in [9.17, 15) is 18.8 Å². The number of rotatable bonds is 6. The molecule has 1 N–H and O–H groups in total. The van der Waals surface area contributed by atoms with Crippen LogP contribution in [0, 0.1) is 5.82 Å². The number of carbonyl (C=O) groups excluding carboxylic acids is 3. The zero-order valence-corrected chi connectivity index (χ0v) is 16.0.